The Balaban J connectivity index is 1.69. The highest BCUT2D eigenvalue weighted by atomic mass is 79.9. The number of halogens is 1. The standard InChI is InChI=1S/C20H21BrN4O2S/c1-4-27-17-8-6-16(7-9-17)25-14(3)23-24-20(25)28-12-19(26)22-18-10-5-15(21)11-13(18)2/h5-11H,4,12H2,1-3H3,(H,22,26). The van der Waals surface area contributed by atoms with Gasteiger partial charge in [-0.25, -0.2) is 0 Å². The van der Waals surface area contributed by atoms with Gasteiger partial charge in [0.1, 0.15) is 11.6 Å². The van der Waals surface area contributed by atoms with Crippen molar-refractivity contribution in [2.24, 2.45) is 0 Å². The van der Waals surface area contributed by atoms with Gasteiger partial charge in [0.25, 0.3) is 0 Å². The predicted octanol–water partition coefficient (Wildman–Crippen LogP) is 4.78. The first-order valence-corrected chi connectivity index (χ1v) is 10.6. The van der Waals surface area contributed by atoms with E-state index in [1.807, 2.05) is 67.8 Å². The largest absolute Gasteiger partial charge is 0.494 e. The van der Waals surface area contributed by atoms with E-state index < -0.39 is 0 Å². The number of aromatic nitrogens is 3. The molecule has 0 aliphatic carbocycles. The molecule has 3 aromatic rings. The molecule has 6 nitrogen and oxygen atoms in total. The molecule has 8 heteroatoms. The van der Waals surface area contributed by atoms with Gasteiger partial charge in [-0.2, -0.15) is 0 Å². The average molecular weight is 461 g/mol. The van der Waals surface area contributed by atoms with E-state index in [1.54, 1.807) is 0 Å². The molecule has 3 rings (SSSR count). The van der Waals surface area contributed by atoms with Crippen LogP contribution < -0.4 is 10.1 Å². The number of nitrogens with one attached hydrogen (secondary N) is 1. The highest BCUT2D eigenvalue weighted by molar-refractivity contribution is 9.10. The summed E-state index contributed by atoms with van der Waals surface area (Å²) >= 11 is 4.78. The smallest absolute Gasteiger partial charge is 0.234 e. The van der Waals surface area contributed by atoms with Crippen LogP contribution in [-0.2, 0) is 4.79 Å². The fourth-order valence-corrected chi connectivity index (χ4v) is 3.95. The maximum Gasteiger partial charge on any atom is 0.234 e. The maximum atomic E-state index is 12.4. The summed E-state index contributed by atoms with van der Waals surface area (Å²) in [4.78, 5) is 12.4. The van der Waals surface area contributed by atoms with Gasteiger partial charge in [0.15, 0.2) is 5.16 Å². The molecule has 146 valence electrons. The highest BCUT2D eigenvalue weighted by Crippen LogP contribution is 2.24. The molecule has 28 heavy (non-hydrogen) atoms. The second kappa shape index (κ2) is 9.25. The molecule has 1 heterocycles. The molecule has 0 spiro atoms. The van der Waals surface area contributed by atoms with E-state index in [2.05, 4.69) is 31.4 Å². The van der Waals surface area contributed by atoms with E-state index in [0.29, 0.717) is 11.8 Å². The maximum absolute atomic E-state index is 12.4. The van der Waals surface area contributed by atoms with Gasteiger partial charge in [-0.05, 0) is 68.8 Å². The van der Waals surface area contributed by atoms with Crippen molar-refractivity contribution in [1.82, 2.24) is 14.8 Å². The van der Waals surface area contributed by atoms with E-state index in [1.165, 1.54) is 11.8 Å². The zero-order valence-corrected chi connectivity index (χ0v) is 18.3. The van der Waals surface area contributed by atoms with Crippen LogP contribution in [0.25, 0.3) is 5.69 Å². The van der Waals surface area contributed by atoms with Gasteiger partial charge >= 0.3 is 0 Å². The number of carbonyl (C=O) groups excluding carboxylic acids is 1. The summed E-state index contributed by atoms with van der Waals surface area (Å²) in [5, 5.41) is 12.0. The molecule has 0 saturated heterocycles. The summed E-state index contributed by atoms with van der Waals surface area (Å²) in [5.74, 6) is 1.73. The van der Waals surface area contributed by atoms with Crippen LogP contribution in [0.5, 0.6) is 5.75 Å². The number of amides is 1. The quantitative estimate of drug-likeness (QED) is 0.513. The molecule has 0 atom stereocenters. The van der Waals surface area contributed by atoms with Crippen molar-refractivity contribution in [2.45, 2.75) is 25.9 Å². The Labute approximate surface area is 176 Å². The minimum atomic E-state index is -0.0886. The van der Waals surface area contributed by atoms with Crippen LogP contribution in [-0.4, -0.2) is 33.0 Å². The summed E-state index contributed by atoms with van der Waals surface area (Å²) in [6.45, 7) is 6.42. The Morgan fingerprint density at radius 2 is 1.93 bits per heavy atom. The zero-order valence-electron chi connectivity index (χ0n) is 15.9. The van der Waals surface area contributed by atoms with Crippen molar-refractivity contribution in [3.63, 3.8) is 0 Å². The van der Waals surface area contributed by atoms with Crippen molar-refractivity contribution in [3.8, 4) is 11.4 Å². The van der Waals surface area contributed by atoms with Gasteiger partial charge in [0.2, 0.25) is 5.91 Å². The molecule has 0 radical (unpaired) electrons. The number of hydrogen-bond donors (Lipinski definition) is 1. The first-order valence-electron chi connectivity index (χ1n) is 8.82. The van der Waals surface area contributed by atoms with Crippen LogP contribution in [0, 0.1) is 13.8 Å². The molecule has 0 aliphatic heterocycles. The Bertz CT molecular complexity index is 973. The summed E-state index contributed by atoms with van der Waals surface area (Å²) < 4.78 is 8.40. The van der Waals surface area contributed by atoms with Crippen LogP contribution in [0.4, 0.5) is 5.69 Å². The molecule has 0 aliphatic rings. The van der Waals surface area contributed by atoms with Crippen LogP contribution in [0.3, 0.4) is 0 Å². The number of ether oxygens (including phenoxy) is 1. The predicted molar refractivity (Wildman–Crippen MR) is 115 cm³/mol. The SMILES string of the molecule is CCOc1ccc(-n2c(C)nnc2SCC(=O)Nc2ccc(Br)cc2C)cc1. The molecule has 1 amide bonds. The number of aryl methyl sites for hydroxylation is 2. The number of benzene rings is 2. The normalized spacial score (nSPS) is 10.7. The average Bonchev–Trinajstić information content (AvgIpc) is 3.04. The fourth-order valence-electron chi connectivity index (χ4n) is 2.68. The molecule has 1 N–H and O–H groups in total. The molecule has 2 aromatic carbocycles. The second-order valence-corrected chi connectivity index (χ2v) is 7.95. The molecule has 0 unspecified atom stereocenters. The number of thioether (sulfide) groups is 1. The summed E-state index contributed by atoms with van der Waals surface area (Å²) in [5.41, 5.74) is 2.73. The molecular weight excluding hydrogens is 440 g/mol. The number of hydrogen-bond acceptors (Lipinski definition) is 5. The molecule has 0 bridgehead atoms. The van der Waals surface area contributed by atoms with E-state index >= 15 is 0 Å². The molecule has 1 aromatic heterocycles. The van der Waals surface area contributed by atoms with E-state index in [-0.39, 0.29) is 11.7 Å². The van der Waals surface area contributed by atoms with Crippen LogP contribution in [0.1, 0.15) is 18.3 Å². The monoisotopic (exact) mass is 460 g/mol. The van der Waals surface area contributed by atoms with Gasteiger partial charge in [-0.1, -0.05) is 27.7 Å². The van der Waals surface area contributed by atoms with Crippen molar-refractivity contribution in [1.29, 1.82) is 0 Å². The Morgan fingerprint density at radius 3 is 2.61 bits per heavy atom. The lowest BCUT2D eigenvalue weighted by atomic mass is 10.2. The lowest BCUT2D eigenvalue weighted by Gasteiger charge is -2.11. The van der Waals surface area contributed by atoms with Gasteiger partial charge in [0.05, 0.1) is 12.4 Å². The first kappa shape index (κ1) is 20.4. The lowest BCUT2D eigenvalue weighted by molar-refractivity contribution is -0.113. The molecule has 0 saturated carbocycles. The third-order valence-electron chi connectivity index (χ3n) is 4.00. The van der Waals surface area contributed by atoms with E-state index in [9.17, 15) is 4.79 Å². The number of nitrogens with zero attached hydrogens (tertiary/aromatic N) is 3. The van der Waals surface area contributed by atoms with Crippen LogP contribution >= 0.6 is 27.7 Å². The lowest BCUT2D eigenvalue weighted by Crippen LogP contribution is -2.15. The topological polar surface area (TPSA) is 69.0 Å². The summed E-state index contributed by atoms with van der Waals surface area (Å²) in [7, 11) is 0. The third kappa shape index (κ3) is 4.94. The number of carbonyl (C=O) groups is 1. The van der Waals surface area contributed by atoms with Gasteiger partial charge in [-0.3, -0.25) is 9.36 Å². The van der Waals surface area contributed by atoms with Crippen molar-refractivity contribution < 1.29 is 9.53 Å². The first-order chi connectivity index (χ1) is 13.5. The number of anilines is 1. The minimum absolute atomic E-state index is 0.0886. The molecule has 0 fully saturated rings. The van der Waals surface area contributed by atoms with Gasteiger partial charge in [-0.15, -0.1) is 10.2 Å². The third-order valence-corrected chi connectivity index (χ3v) is 5.42. The number of rotatable bonds is 7. The zero-order chi connectivity index (χ0) is 20.1. The Hall–Kier alpha value is -2.32. The van der Waals surface area contributed by atoms with E-state index in [0.717, 1.165) is 33.0 Å². The summed E-state index contributed by atoms with van der Waals surface area (Å²) in [6, 6.07) is 13.5. The fraction of sp³-hybridized carbons (Fsp3) is 0.250. The van der Waals surface area contributed by atoms with Gasteiger partial charge in [0, 0.05) is 15.8 Å². The Kier molecular flexibility index (Phi) is 6.74. The van der Waals surface area contributed by atoms with Crippen LogP contribution in [0.15, 0.2) is 52.1 Å². The van der Waals surface area contributed by atoms with Crippen molar-refractivity contribution in [2.75, 3.05) is 17.7 Å². The van der Waals surface area contributed by atoms with Crippen molar-refractivity contribution >= 4 is 39.3 Å². The van der Waals surface area contributed by atoms with Gasteiger partial charge < -0.3 is 10.1 Å². The van der Waals surface area contributed by atoms with Crippen molar-refractivity contribution in [3.05, 3.63) is 58.3 Å². The van der Waals surface area contributed by atoms with E-state index in [4.69, 9.17) is 4.74 Å². The highest BCUT2D eigenvalue weighted by Gasteiger charge is 2.14. The second-order valence-electron chi connectivity index (χ2n) is 6.09. The molecular formula is C20H21BrN4O2S. The summed E-state index contributed by atoms with van der Waals surface area (Å²) in [6.07, 6.45) is 0. The minimum Gasteiger partial charge on any atom is -0.494 e. The Morgan fingerprint density at radius 1 is 1.18 bits per heavy atom. The van der Waals surface area contributed by atoms with Crippen LogP contribution in [0.2, 0.25) is 0 Å².